The molecule has 1 fully saturated rings. The van der Waals surface area contributed by atoms with Crippen LogP contribution in [0.25, 0.3) is 10.9 Å². The van der Waals surface area contributed by atoms with Gasteiger partial charge in [-0.15, -0.1) is 11.6 Å². The normalized spacial score (nSPS) is 16.3. The second kappa shape index (κ2) is 4.82. The number of pyridine rings is 1. The van der Waals surface area contributed by atoms with Crippen LogP contribution >= 0.6 is 11.6 Å². The van der Waals surface area contributed by atoms with Gasteiger partial charge in [0.15, 0.2) is 0 Å². The quantitative estimate of drug-likeness (QED) is 0.871. The number of rotatable bonds is 4. The number of nitrogens with zero attached hydrogens (tertiary/aromatic N) is 1. The van der Waals surface area contributed by atoms with Gasteiger partial charge in [-0.2, -0.15) is 0 Å². The van der Waals surface area contributed by atoms with E-state index in [0.717, 1.165) is 23.7 Å². The molecule has 98 valence electrons. The van der Waals surface area contributed by atoms with Crippen molar-refractivity contribution >= 4 is 28.4 Å². The Hall–Kier alpha value is -1.61. The van der Waals surface area contributed by atoms with E-state index in [0.29, 0.717) is 18.0 Å². The Balaban J connectivity index is 1.74. The summed E-state index contributed by atoms with van der Waals surface area (Å²) in [5.41, 5.74) is 1.72. The average molecular weight is 275 g/mol. The van der Waals surface area contributed by atoms with Crippen molar-refractivity contribution in [3.8, 4) is 0 Å². The predicted molar refractivity (Wildman–Crippen MR) is 76.5 cm³/mol. The third-order valence-corrected chi connectivity index (χ3v) is 4.30. The molecular weight excluding hydrogens is 260 g/mol. The van der Waals surface area contributed by atoms with E-state index >= 15 is 0 Å². The van der Waals surface area contributed by atoms with Crippen LogP contribution in [0.4, 0.5) is 0 Å². The van der Waals surface area contributed by atoms with Gasteiger partial charge in [-0.05, 0) is 37.1 Å². The van der Waals surface area contributed by atoms with Crippen LogP contribution in [0.2, 0.25) is 0 Å². The molecule has 3 nitrogen and oxygen atoms in total. The number of alkyl halides is 1. The summed E-state index contributed by atoms with van der Waals surface area (Å²) in [4.78, 5) is 16.3. The lowest BCUT2D eigenvalue weighted by Gasteiger charge is -2.12. The van der Waals surface area contributed by atoms with Crippen LogP contribution in [0.5, 0.6) is 0 Å². The van der Waals surface area contributed by atoms with E-state index in [2.05, 4.69) is 10.3 Å². The molecule has 0 radical (unpaired) electrons. The summed E-state index contributed by atoms with van der Waals surface area (Å²) in [5.74, 6) is 0.580. The average Bonchev–Trinajstić information content (AvgIpc) is 3.25. The van der Waals surface area contributed by atoms with E-state index < -0.39 is 0 Å². The highest BCUT2D eigenvalue weighted by atomic mass is 35.5. The topological polar surface area (TPSA) is 42.0 Å². The van der Waals surface area contributed by atoms with Gasteiger partial charge in [0.25, 0.3) is 5.91 Å². The number of benzene rings is 1. The number of hydrogen-bond donors (Lipinski definition) is 1. The van der Waals surface area contributed by atoms with Gasteiger partial charge >= 0.3 is 0 Å². The van der Waals surface area contributed by atoms with Gasteiger partial charge in [0.1, 0.15) is 0 Å². The number of nitrogens with one attached hydrogen (secondary N) is 1. The predicted octanol–water partition coefficient (Wildman–Crippen LogP) is 2.98. The van der Waals surface area contributed by atoms with E-state index in [1.165, 1.54) is 0 Å². The first-order valence-corrected chi connectivity index (χ1v) is 6.95. The van der Waals surface area contributed by atoms with Crippen molar-refractivity contribution in [1.29, 1.82) is 0 Å². The molecule has 0 aliphatic heterocycles. The van der Waals surface area contributed by atoms with Crippen LogP contribution in [-0.4, -0.2) is 23.3 Å². The van der Waals surface area contributed by atoms with Crippen molar-refractivity contribution < 1.29 is 4.79 Å². The Kier molecular flexibility index (Phi) is 3.15. The maximum Gasteiger partial charge on any atom is 0.251 e. The van der Waals surface area contributed by atoms with Crippen molar-refractivity contribution in [2.24, 2.45) is 5.41 Å². The summed E-state index contributed by atoms with van der Waals surface area (Å²) >= 11 is 5.90. The third-order valence-electron chi connectivity index (χ3n) is 3.73. The molecule has 19 heavy (non-hydrogen) atoms. The standard InChI is InChI=1S/C15H15ClN2O/c16-9-15(5-6-15)10-18-14(19)12-3-4-13-11(8-12)2-1-7-17-13/h1-4,7-8H,5-6,9-10H2,(H,18,19). The van der Waals surface area contributed by atoms with Gasteiger partial charge in [-0.1, -0.05) is 6.07 Å². The summed E-state index contributed by atoms with van der Waals surface area (Å²) in [5, 5.41) is 3.95. The molecule has 1 amide bonds. The fraction of sp³-hybridized carbons (Fsp3) is 0.333. The number of fused-ring (bicyclic) bond motifs is 1. The smallest absolute Gasteiger partial charge is 0.251 e. The van der Waals surface area contributed by atoms with Crippen molar-refractivity contribution in [3.63, 3.8) is 0 Å². The maximum absolute atomic E-state index is 12.1. The second-order valence-electron chi connectivity index (χ2n) is 5.23. The zero-order valence-corrected chi connectivity index (χ0v) is 11.3. The molecule has 0 saturated heterocycles. The summed E-state index contributed by atoms with van der Waals surface area (Å²) in [6, 6.07) is 9.39. The number of hydrogen-bond acceptors (Lipinski definition) is 2. The van der Waals surface area contributed by atoms with Crippen molar-refractivity contribution in [3.05, 3.63) is 42.1 Å². The van der Waals surface area contributed by atoms with Crippen LogP contribution in [-0.2, 0) is 0 Å². The molecule has 2 aromatic rings. The lowest BCUT2D eigenvalue weighted by atomic mass is 10.1. The molecule has 0 atom stereocenters. The molecule has 0 unspecified atom stereocenters. The molecule has 1 aromatic heterocycles. The molecular formula is C15H15ClN2O. The van der Waals surface area contributed by atoms with Gasteiger partial charge in [0.05, 0.1) is 5.52 Å². The number of aromatic nitrogens is 1. The third kappa shape index (κ3) is 2.56. The first-order valence-electron chi connectivity index (χ1n) is 6.41. The molecule has 1 aromatic carbocycles. The maximum atomic E-state index is 12.1. The van der Waals surface area contributed by atoms with Gasteiger partial charge in [0, 0.05) is 35.0 Å². The van der Waals surface area contributed by atoms with E-state index in [9.17, 15) is 4.79 Å². The van der Waals surface area contributed by atoms with Crippen molar-refractivity contribution in [2.75, 3.05) is 12.4 Å². The number of halogens is 1. The lowest BCUT2D eigenvalue weighted by Crippen LogP contribution is -2.30. The molecule has 4 heteroatoms. The molecule has 1 aliphatic rings. The summed E-state index contributed by atoms with van der Waals surface area (Å²) < 4.78 is 0. The van der Waals surface area contributed by atoms with E-state index in [1.807, 2.05) is 30.3 Å². The Morgan fingerprint density at radius 1 is 1.37 bits per heavy atom. The molecule has 1 aliphatic carbocycles. The number of carbonyl (C=O) groups is 1. The largest absolute Gasteiger partial charge is 0.351 e. The van der Waals surface area contributed by atoms with E-state index in [4.69, 9.17) is 11.6 Å². The van der Waals surface area contributed by atoms with E-state index in [-0.39, 0.29) is 11.3 Å². The minimum absolute atomic E-state index is 0.0397. The van der Waals surface area contributed by atoms with E-state index in [1.54, 1.807) is 6.20 Å². The lowest BCUT2D eigenvalue weighted by molar-refractivity contribution is 0.0946. The van der Waals surface area contributed by atoms with Gasteiger partial charge in [-0.25, -0.2) is 0 Å². The highest BCUT2D eigenvalue weighted by Gasteiger charge is 2.41. The molecule has 1 saturated carbocycles. The summed E-state index contributed by atoms with van der Waals surface area (Å²) in [7, 11) is 0. The van der Waals surface area contributed by atoms with Crippen LogP contribution in [0.1, 0.15) is 23.2 Å². The fourth-order valence-electron chi connectivity index (χ4n) is 2.12. The first kappa shape index (κ1) is 12.4. The minimum Gasteiger partial charge on any atom is -0.351 e. The van der Waals surface area contributed by atoms with Gasteiger partial charge < -0.3 is 5.32 Å². The van der Waals surface area contributed by atoms with Crippen LogP contribution in [0.3, 0.4) is 0 Å². The van der Waals surface area contributed by atoms with Gasteiger partial charge in [-0.3, -0.25) is 9.78 Å². The first-order chi connectivity index (χ1) is 9.22. The Morgan fingerprint density at radius 2 is 2.21 bits per heavy atom. The zero-order chi connectivity index (χ0) is 13.3. The number of amides is 1. The molecule has 3 rings (SSSR count). The number of carbonyl (C=O) groups excluding carboxylic acids is 1. The molecule has 1 N–H and O–H groups in total. The monoisotopic (exact) mass is 274 g/mol. The zero-order valence-electron chi connectivity index (χ0n) is 10.5. The molecule has 1 heterocycles. The Labute approximate surface area is 117 Å². The van der Waals surface area contributed by atoms with Crippen LogP contribution in [0.15, 0.2) is 36.5 Å². The Morgan fingerprint density at radius 3 is 2.95 bits per heavy atom. The summed E-state index contributed by atoms with van der Waals surface area (Å²) in [6.45, 7) is 0.667. The minimum atomic E-state index is -0.0397. The van der Waals surface area contributed by atoms with Crippen molar-refractivity contribution in [2.45, 2.75) is 12.8 Å². The summed E-state index contributed by atoms with van der Waals surface area (Å²) in [6.07, 6.45) is 3.97. The fourth-order valence-corrected chi connectivity index (χ4v) is 2.48. The van der Waals surface area contributed by atoms with Crippen LogP contribution < -0.4 is 5.32 Å². The van der Waals surface area contributed by atoms with Crippen LogP contribution in [0, 0.1) is 5.41 Å². The van der Waals surface area contributed by atoms with Gasteiger partial charge in [0.2, 0.25) is 0 Å². The molecule has 0 bridgehead atoms. The second-order valence-corrected chi connectivity index (χ2v) is 5.49. The Bertz CT molecular complexity index is 622. The highest BCUT2D eigenvalue weighted by Crippen LogP contribution is 2.45. The SMILES string of the molecule is O=C(NCC1(CCl)CC1)c1ccc2ncccc2c1. The molecule has 0 spiro atoms. The highest BCUT2D eigenvalue weighted by molar-refractivity contribution is 6.18. The van der Waals surface area contributed by atoms with Crippen molar-refractivity contribution in [1.82, 2.24) is 10.3 Å².